The van der Waals surface area contributed by atoms with Gasteiger partial charge in [-0.1, -0.05) is 17.7 Å². The van der Waals surface area contributed by atoms with Gasteiger partial charge in [-0.05, 0) is 44.2 Å². The number of likely N-dealkylation sites (tertiary alicyclic amines) is 1. The second-order valence-corrected chi connectivity index (χ2v) is 8.41. The van der Waals surface area contributed by atoms with Crippen molar-refractivity contribution in [2.75, 3.05) is 25.5 Å². The second kappa shape index (κ2) is 7.94. The van der Waals surface area contributed by atoms with Crippen LogP contribution < -0.4 is 11.3 Å². The Morgan fingerprint density at radius 1 is 1.28 bits per heavy atom. The zero-order valence-electron chi connectivity index (χ0n) is 16.2. The van der Waals surface area contributed by atoms with Gasteiger partial charge in [-0.25, -0.2) is 0 Å². The molecule has 1 saturated heterocycles. The van der Waals surface area contributed by atoms with Crippen molar-refractivity contribution in [1.29, 1.82) is 0 Å². The Balaban J connectivity index is 1.76. The number of nitrogens with two attached hydrogens (primary N) is 1. The number of nitrogen functional groups attached to an aromatic ring is 1. The van der Waals surface area contributed by atoms with Crippen LogP contribution in [-0.4, -0.2) is 40.4 Å². The predicted octanol–water partition coefficient (Wildman–Crippen LogP) is 3.55. The maximum Gasteiger partial charge on any atom is 0.282 e. The molecular formula is C21H23FN4O2S. The van der Waals surface area contributed by atoms with Crippen LogP contribution in [-0.2, 0) is 0 Å². The van der Waals surface area contributed by atoms with E-state index in [2.05, 4.69) is 5.10 Å². The van der Waals surface area contributed by atoms with Crippen LogP contribution in [0.2, 0.25) is 0 Å². The Morgan fingerprint density at radius 3 is 2.62 bits per heavy atom. The minimum atomic E-state index is -0.333. The summed E-state index contributed by atoms with van der Waals surface area (Å²) in [5, 5.41) is 7.38. The van der Waals surface area contributed by atoms with Crippen molar-refractivity contribution in [3.63, 3.8) is 0 Å². The summed E-state index contributed by atoms with van der Waals surface area (Å²) in [6.45, 7) is 2.77. The normalized spacial score (nSPS) is 15.2. The van der Waals surface area contributed by atoms with Crippen molar-refractivity contribution in [2.24, 2.45) is 5.92 Å². The highest BCUT2D eigenvalue weighted by molar-refractivity contribution is 7.15. The molecule has 0 aliphatic carbocycles. The molecule has 0 radical (unpaired) electrons. The number of carbonyl (C=O) groups is 1. The molecule has 2 aromatic heterocycles. The van der Waals surface area contributed by atoms with Crippen molar-refractivity contribution in [1.82, 2.24) is 14.7 Å². The molecule has 0 saturated carbocycles. The fourth-order valence-corrected chi connectivity index (χ4v) is 4.61. The first-order valence-electron chi connectivity index (χ1n) is 9.72. The number of amides is 1. The van der Waals surface area contributed by atoms with Gasteiger partial charge in [-0.15, -0.1) is 11.3 Å². The van der Waals surface area contributed by atoms with E-state index in [0.717, 1.165) is 18.4 Å². The molecule has 2 N–H and O–H groups in total. The van der Waals surface area contributed by atoms with E-state index >= 15 is 0 Å². The first-order valence-corrected chi connectivity index (χ1v) is 10.6. The number of aryl methyl sites for hydroxylation is 1. The van der Waals surface area contributed by atoms with E-state index < -0.39 is 0 Å². The van der Waals surface area contributed by atoms with Crippen LogP contribution in [0.15, 0.2) is 34.4 Å². The molecule has 3 aromatic rings. The predicted molar refractivity (Wildman–Crippen MR) is 114 cm³/mol. The number of alkyl halides is 1. The lowest BCUT2D eigenvalue weighted by atomic mass is 9.94. The molecule has 1 aromatic carbocycles. The van der Waals surface area contributed by atoms with Gasteiger partial charge in [0.05, 0.1) is 22.7 Å². The lowest BCUT2D eigenvalue weighted by Gasteiger charge is -2.31. The van der Waals surface area contributed by atoms with E-state index in [1.165, 1.54) is 16.0 Å². The van der Waals surface area contributed by atoms with Crippen LogP contribution in [0.25, 0.3) is 16.5 Å². The second-order valence-electron chi connectivity index (χ2n) is 7.50. The number of rotatable bonds is 4. The summed E-state index contributed by atoms with van der Waals surface area (Å²) in [4.78, 5) is 28.0. The molecular weight excluding hydrogens is 391 g/mol. The third-order valence-electron chi connectivity index (χ3n) is 5.58. The molecule has 8 heteroatoms. The minimum Gasteiger partial charge on any atom is -0.390 e. The summed E-state index contributed by atoms with van der Waals surface area (Å²) in [5.74, 6) is 0.0997. The Bertz CT molecular complexity index is 1100. The smallest absolute Gasteiger partial charge is 0.282 e. The van der Waals surface area contributed by atoms with Crippen molar-refractivity contribution in [3.8, 4) is 5.69 Å². The Labute approximate surface area is 171 Å². The van der Waals surface area contributed by atoms with Gasteiger partial charge in [0.15, 0.2) is 5.69 Å². The molecule has 0 spiro atoms. The number of nitrogens with zero attached hydrogens (tertiary/aromatic N) is 3. The number of halogens is 1. The molecule has 1 fully saturated rings. The lowest BCUT2D eigenvalue weighted by Crippen LogP contribution is -2.40. The fraction of sp³-hybridized carbons (Fsp3) is 0.381. The van der Waals surface area contributed by atoms with Crippen molar-refractivity contribution in [2.45, 2.75) is 26.2 Å². The molecule has 152 valence electrons. The summed E-state index contributed by atoms with van der Waals surface area (Å²) >= 11 is 1.24. The van der Waals surface area contributed by atoms with Crippen LogP contribution in [0.5, 0.6) is 0 Å². The van der Waals surface area contributed by atoms with Crippen molar-refractivity contribution < 1.29 is 9.18 Å². The van der Waals surface area contributed by atoms with Gasteiger partial charge in [-0.3, -0.25) is 14.0 Å². The number of thiophene rings is 1. The van der Waals surface area contributed by atoms with E-state index in [-0.39, 0.29) is 23.8 Å². The van der Waals surface area contributed by atoms with Crippen molar-refractivity contribution >= 4 is 33.0 Å². The minimum absolute atomic E-state index is 0.215. The Hall–Kier alpha value is -2.74. The summed E-state index contributed by atoms with van der Waals surface area (Å²) in [5.41, 5.74) is 7.61. The number of hydrogen-bond acceptors (Lipinski definition) is 5. The van der Waals surface area contributed by atoms with E-state index in [0.29, 0.717) is 46.9 Å². The van der Waals surface area contributed by atoms with Gasteiger partial charge in [-0.2, -0.15) is 9.78 Å². The van der Waals surface area contributed by atoms with Crippen LogP contribution in [0, 0.1) is 12.8 Å². The lowest BCUT2D eigenvalue weighted by molar-refractivity contribution is 0.0678. The summed E-state index contributed by atoms with van der Waals surface area (Å²) < 4.78 is 13.9. The van der Waals surface area contributed by atoms with Gasteiger partial charge in [0.25, 0.3) is 11.5 Å². The fourth-order valence-electron chi connectivity index (χ4n) is 3.82. The number of anilines is 1. The molecule has 3 heterocycles. The third kappa shape index (κ3) is 3.64. The highest BCUT2D eigenvalue weighted by Gasteiger charge is 2.28. The van der Waals surface area contributed by atoms with E-state index in [1.54, 1.807) is 22.4 Å². The summed E-state index contributed by atoms with van der Waals surface area (Å²) in [7, 11) is 0. The van der Waals surface area contributed by atoms with E-state index in [1.807, 2.05) is 19.1 Å². The van der Waals surface area contributed by atoms with E-state index in [9.17, 15) is 14.0 Å². The number of piperidine rings is 1. The van der Waals surface area contributed by atoms with E-state index in [4.69, 9.17) is 5.73 Å². The molecule has 0 atom stereocenters. The molecule has 29 heavy (non-hydrogen) atoms. The van der Waals surface area contributed by atoms with Gasteiger partial charge in [0, 0.05) is 23.9 Å². The molecule has 1 aliphatic heterocycles. The Kier molecular flexibility index (Phi) is 5.36. The average molecular weight is 415 g/mol. The third-order valence-corrected chi connectivity index (χ3v) is 6.39. The number of carbonyl (C=O) groups excluding carboxylic acids is 1. The number of fused-ring (bicyclic) bond motifs is 1. The number of aromatic nitrogens is 2. The van der Waals surface area contributed by atoms with Crippen LogP contribution in [0.1, 0.15) is 35.3 Å². The SMILES string of the molecule is Cc1ccc(-n2nc(C(=O)N3CCC(CCF)CC3)c3csc(N)c3c2=O)cc1. The maximum atomic E-state index is 13.3. The molecule has 6 nitrogen and oxygen atoms in total. The van der Waals surface area contributed by atoms with Crippen LogP contribution in [0.3, 0.4) is 0 Å². The largest absolute Gasteiger partial charge is 0.390 e. The van der Waals surface area contributed by atoms with Crippen LogP contribution >= 0.6 is 11.3 Å². The number of benzene rings is 1. The zero-order valence-corrected chi connectivity index (χ0v) is 17.0. The highest BCUT2D eigenvalue weighted by Crippen LogP contribution is 2.29. The first kappa shape index (κ1) is 19.6. The quantitative estimate of drug-likeness (QED) is 0.708. The highest BCUT2D eigenvalue weighted by atomic mass is 32.1. The topological polar surface area (TPSA) is 81.2 Å². The molecule has 4 rings (SSSR count). The summed E-state index contributed by atoms with van der Waals surface area (Å²) in [6, 6.07) is 7.38. The molecule has 0 bridgehead atoms. The van der Waals surface area contributed by atoms with Crippen molar-refractivity contribution in [3.05, 3.63) is 51.3 Å². The molecule has 1 amide bonds. The number of hydrogen-bond donors (Lipinski definition) is 1. The van der Waals surface area contributed by atoms with Gasteiger partial charge in [0.2, 0.25) is 0 Å². The molecule has 0 unspecified atom stereocenters. The average Bonchev–Trinajstić information content (AvgIpc) is 3.12. The summed E-state index contributed by atoms with van der Waals surface area (Å²) in [6.07, 6.45) is 2.11. The Morgan fingerprint density at radius 2 is 1.97 bits per heavy atom. The first-order chi connectivity index (χ1) is 14.0. The van der Waals surface area contributed by atoms with Crippen LogP contribution in [0.4, 0.5) is 9.39 Å². The van der Waals surface area contributed by atoms with Gasteiger partial charge in [0.1, 0.15) is 0 Å². The standard InChI is InChI=1S/C21H23FN4O2S/c1-13-2-4-15(5-3-13)26-20(27)17-16(12-29-19(17)23)18(24-26)21(28)25-10-7-14(6-9-22)8-11-25/h2-5,12,14H,6-11,23H2,1H3. The van der Waals surface area contributed by atoms with Gasteiger partial charge >= 0.3 is 0 Å². The van der Waals surface area contributed by atoms with Gasteiger partial charge < -0.3 is 10.6 Å². The molecule has 1 aliphatic rings. The zero-order chi connectivity index (χ0) is 20.5. The monoisotopic (exact) mass is 414 g/mol. The maximum absolute atomic E-state index is 13.3.